The van der Waals surface area contributed by atoms with Crippen molar-refractivity contribution < 1.29 is 4.74 Å². The highest BCUT2D eigenvalue weighted by molar-refractivity contribution is 5.85. The molecule has 0 bridgehead atoms. The van der Waals surface area contributed by atoms with Gasteiger partial charge in [0.15, 0.2) is 0 Å². The average Bonchev–Trinajstić information content (AvgIpc) is 3.15. The number of nitrogens with zero attached hydrogens (tertiary/aromatic N) is 1. The number of fused-ring (bicyclic) bond motifs is 1. The van der Waals surface area contributed by atoms with Crippen LogP contribution in [0.2, 0.25) is 0 Å². The summed E-state index contributed by atoms with van der Waals surface area (Å²) in [5, 5.41) is 2.47. The summed E-state index contributed by atoms with van der Waals surface area (Å²) in [6, 6.07) is 16.9. The van der Waals surface area contributed by atoms with Crippen LogP contribution in [-0.2, 0) is 11.8 Å². The Morgan fingerprint density at radius 1 is 0.926 bits per heavy atom. The lowest BCUT2D eigenvalue weighted by molar-refractivity contribution is 0.482. The molecule has 1 saturated carbocycles. The number of rotatable bonds is 4. The molecule has 1 aliphatic carbocycles. The van der Waals surface area contributed by atoms with Crippen LogP contribution in [0, 0.1) is 5.92 Å². The second-order valence-corrected chi connectivity index (χ2v) is 8.87. The van der Waals surface area contributed by atoms with Crippen LogP contribution in [0.1, 0.15) is 57.7 Å². The molecule has 0 radical (unpaired) electrons. The zero-order valence-electron chi connectivity index (χ0n) is 16.7. The topological polar surface area (TPSA) is 22.1 Å². The highest BCUT2D eigenvalue weighted by Gasteiger charge is 2.17. The van der Waals surface area contributed by atoms with Crippen LogP contribution in [0.25, 0.3) is 10.8 Å². The third kappa shape index (κ3) is 4.16. The monoisotopic (exact) mass is 359 g/mol. The summed E-state index contributed by atoms with van der Waals surface area (Å²) < 4.78 is 6.15. The van der Waals surface area contributed by atoms with E-state index in [1.54, 1.807) is 0 Å². The van der Waals surface area contributed by atoms with Crippen LogP contribution in [-0.4, -0.2) is 4.98 Å². The van der Waals surface area contributed by atoms with Crippen LogP contribution in [0.4, 0.5) is 0 Å². The van der Waals surface area contributed by atoms with Gasteiger partial charge in [-0.2, -0.15) is 0 Å². The lowest BCUT2D eigenvalue weighted by atomic mass is 9.87. The number of hydrogen-bond donors (Lipinski definition) is 0. The van der Waals surface area contributed by atoms with E-state index in [1.807, 2.05) is 6.20 Å². The molecule has 1 fully saturated rings. The van der Waals surface area contributed by atoms with Crippen molar-refractivity contribution in [1.82, 2.24) is 4.98 Å². The van der Waals surface area contributed by atoms with E-state index in [0.29, 0.717) is 0 Å². The molecule has 1 aromatic heterocycles. The number of hydrogen-bond acceptors (Lipinski definition) is 2. The van der Waals surface area contributed by atoms with Crippen molar-refractivity contribution in [2.75, 3.05) is 0 Å². The minimum absolute atomic E-state index is 0.155. The minimum Gasteiger partial charge on any atom is -0.457 e. The van der Waals surface area contributed by atoms with Gasteiger partial charge in [0.25, 0.3) is 0 Å². The molecule has 0 unspecified atom stereocenters. The number of pyridine rings is 1. The maximum atomic E-state index is 6.15. The van der Waals surface area contributed by atoms with Crippen molar-refractivity contribution in [3.05, 3.63) is 66.0 Å². The van der Waals surface area contributed by atoms with Crippen LogP contribution >= 0.6 is 0 Å². The fourth-order valence-electron chi connectivity index (χ4n) is 4.08. The van der Waals surface area contributed by atoms with Gasteiger partial charge in [0, 0.05) is 17.3 Å². The number of ether oxygens (including phenoxy) is 1. The van der Waals surface area contributed by atoms with Gasteiger partial charge in [-0.05, 0) is 59.0 Å². The van der Waals surface area contributed by atoms with Gasteiger partial charge in [-0.3, -0.25) is 4.98 Å². The van der Waals surface area contributed by atoms with E-state index >= 15 is 0 Å². The van der Waals surface area contributed by atoms with Crippen molar-refractivity contribution in [3.8, 4) is 11.5 Å². The number of benzene rings is 2. The molecule has 4 rings (SSSR count). The maximum Gasteiger partial charge on any atom is 0.128 e. The average molecular weight is 360 g/mol. The van der Waals surface area contributed by atoms with E-state index in [1.165, 1.54) is 47.7 Å². The van der Waals surface area contributed by atoms with Gasteiger partial charge in [0.05, 0.1) is 0 Å². The first-order valence-corrected chi connectivity index (χ1v) is 10.1. The van der Waals surface area contributed by atoms with Gasteiger partial charge < -0.3 is 4.74 Å². The van der Waals surface area contributed by atoms with Gasteiger partial charge in [-0.25, -0.2) is 0 Å². The molecule has 1 heterocycles. The molecule has 0 atom stereocenters. The Hall–Kier alpha value is -2.35. The largest absolute Gasteiger partial charge is 0.457 e. The minimum atomic E-state index is 0.155. The number of aromatic nitrogens is 1. The van der Waals surface area contributed by atoms with Crippen LogP contribution in [0.3, 0.4) is 0 Å². The molecule has 0 aliphatic heterocycles. The Balaban J connectivity index is 1.58. The van der Waals surface area contributed by atoms with Crippen molar-refractivity contribution in [3.63, 3.8) is 0 Å². The standard InChI is InChI=1S/C25H29NO/c1-25(2,3)20-9-12-21(13-10-20)27-22-11-8-19-14-15-26-24(23(19)17-22)16-18-6-4-5-7-18/h8-15,17-18H,4-7,16H2,1-3H3. The fraction of sp³-hybridized carbons (Fsp3) is 0.400. The highest BCUT2D eigenvalue weighted by atomic mass is 16.5. The molecule has 0 spiro atoms. The Morgan fingerprint density at radius 2 is 1.63 bits per heavy atom. The molecule has 2 aromatic carbocycles. The molecule has 140 valence electrons. The van der Waals surface area contributed by atoms with Gasteiger partial charge in [-0.15, -0.1) is 0 Å². The molecule has 0 saturated heterocycles. The zero-order valence-corrected chi connectivity index (χ0v) is 16.7. The van der Waals surface area contributed by atoms with E-state index in [2.05, 4.69) is 69.3 Å². The lowest BCUT2D eigenvalue weighted by Crippen LogP contribution is -2.10. The third-order valence-electron chi connectivity index (χ3n) is 5.73. The summed E-state index contributed by atoms with van der Waals surface area (Å²) in [7, 11) is 0. The molecule has 27 heavy (non-hydrogen) atoms. The molecular weight excluding hydrogens is 330 g/mol. The van der Waals surface area contributed by atoms with Gasteiger partial charge in [-0.1, -0.05) is 64.7 Å². The van der Waals surface area contributed by atoms with E-state index in [0.717, 1.165) is 23.8 Å². The highest BCUT2D eigenvalue weighted by Crippen LogP contribution is 2.32. The van der Waals surface area contributed by atoms with Gasteiger partial charge in [0.2, 0.25) is 0 Å². The second-order valence-electron chi connectivity index (χ2n) is 8.87. The Kier molecular flexibility index (Phi) is 4.90. The van der Waals surface area contributed by atoms with E-state index in [-0.39, 0.29) is 5.41 Å². The van der Waals surface area contributed by atoms with Crippen LogP contribution in [0.15, 0.2) is 54.7 Å². The Morgan fingerprint density at radius 3 is 2.33 bits per heavy atom. The summed E-state index contributed by atoms with van der Waals surface area (Å²) in [6.07, 6.45) is 8.45. The van der Waals surface area contributed by atoms with Crippen LogP contribution < -0.4 is 4.74 Å². The van der Waals surface area contributed by atoms with Gasteiger partial charge in [0.1, 0.15) is 11.5 Å². The molecule has 0 amide bonds. The SMILES string of the molecule is CC(C)(C)c1ccc(Oc2ccc3ccnc(CC4CCCC4)c3c2)cc1. The predicted octanol–water partition coefficient (Wildman–Crippen LogP) is 7.06. The van der Waals surface area contributed by atoms with Gasteiger partial charge >= 0.3 is 0 Å². The quantitative estimate of drug-likeness (QED) is 0.497. The summed E-state index contributed by atoms with van der Waals surface area (Å²) in [5.41, 5.74) is 2.69. The summed E-state index contributed by atoms with van der Waals surface area (Å²) in [6.45, 7) is 6.68. The first-order valence-electron chi connectivity index (χ1n) is 10.1. The predicted molar refractivity (Wildman–Crippen MR) is 113 cm³/mol. The zero-order chi connectivity index (χ0) is 18.9. The summed E-state index contributed by atoms with van der Waals surface area (Å²) in [5.74, 6) is 2.55. The Bertz CT molecular complexity index is 915. The summed E-state index contributed by atoms with van der Waals surface area (Å²) in [4.78, 5) is 4.70. The van der Waals surface area contributed by atoms with Crippen molar-refractivity contribution in [2.24, 2.45) is 5.92 Å². The molecular formula is C25H29NO. The maximum absolute atomic E-state index is 6.15. The molecule has 1 aliphatic rings. The first kappa shape index (κ1) is 18.0. The fourth-order valence-corrected chi connectivity index (χ4v) is 4.08. The third-order valence-corrected chi connectivity index (χ3v) is 5.73. The summed E-state index contributed by atoms with van der Waals surface area (Å²) >= 11 is 0. The smallest absolute Gasteiger partial charge is 0.128 e. The van der Waals surface area contributed by atoms with Crippen molar-refractivity contribution in [1.29, 1.82) is 0 Å². The second kappa shape index (κ2) is 7.34. The molecule has 2 heteroatoms. The Labute approximate surface area is 162 Å². The van der Waals surface area contributed by atoms with Crippen LogP contribution in [0.5, 0.6) is 11.5 Å². The van der Waals surface area contributed by atoms with E-state index in [9.17, 15) is 0 Å². The lowest BCUT2D eigenvalue weighted by Gasteiger charge is -2.19. The molecule has 2 nitrogen and oxygen atoms in total. The van der Waals surface area contributed by atoms with E-state index in [4.69, 9.17) is 9.72 Å². The molecule has 0 N–H and O–H groups in total. The van der Waals surface area contributed by atoms with E-state index < -0.39 is 0 Å². The molecule has 3 aromatic rings. The van der Waals surface area contributed by atoms with Crippen molar-refractivity contribution in [2.45, 2.75) is 58.3 Å². The normalized spacial score (nSPS) is 15.4. The first-order chi connectivity index (χ1) is 13.0. The van der Waals surface area contributed by atoms with Crippen molar-refractivity contribution >= 4 is 10.8 Å².